The van der Waals surface area contributed by atoms with Crippen molar-refractivity contribution in [3.05, 3.63) is 89.2 Å². The minimum absolute atomic E-state index is 0.0945. The lowest BCUT2D eigenvalue weighted by atomic mass is 10.1. The maximum atomic E-state index is 12.7. The van der Waals surface area contributed by atoms with Gasteiger partial charge in [0.1, 0.15) is 5.82 Å². The van der Waals surface area contributed by atoms with Gasteiger partial charge in [-0.15, -0.1) is 11.3 Å². The van der Waals surface area contributed by atoms with E-state index < -0.39 is 9.84 Å². The van der Waals surface area contributed by atoms with Gasteiger partial charge in [-0.25, -0.2) is 18.4 Å². The lowest BCUT2D eigenvalue weighted by molar-refractivity contribution is 0.601. The Kier molecular flexibility index (Phi) is 5.16. The number of hydrogen-bond acceptors (Lipinski definition) is 8. The third kappa shape index (κ3) is 4.04. The quantitative estimate of drug-likeness (QED) is 0.347. The Morgan fingerprint density at radius 1 is 1.00 bits per heavy atom. The van der Waals surface area contributed by atoms with E-state index in [1.165, 1.54) is 12.3 Å². The van der Waals surface area contributed by atoms with Crippen LogP contribution in [0.4, 0.5) is 11.5 Å². The van der Waals surface area contributed by atoms with E-state index in [9.17, 15) is 13.2 Å². The summed E-state index contributed by atoms with van der Waals surface area (Å²) in [6.45, 7) is 0. The molecule has 9 nitrogen and oxygen atoms in total. The highest BCUT2D eigenvalue weighted by molar-refractivity contribution is 7.90. The molecule has 0 saturated heterocycles. The van der Waals surface area contributed by atoms with E-state index in [2.05, 4.69) is 25.3 Å². The summed E-state index contributed by atoms with van der Waals surface area (Å²) in [5, 5.41) is 6.29. The molecule has 0 amide bonds. The Morgan fingerprint density at radius 3 is 2.61 bits per heavy atom. The molecule has 11 heteroatoms. The van der Waals surface area contributed by atoms with E-state index in [-0.39, 0.29) is 10.5 Å². The molecule has 0 saturated carbocycles. The molecule has 0 aliphatic heterocycles. The number of thiazole rings is 1. The molecule has 0 fully saturated rings. The van der Waals surface area contributed by atoms with Gasteiger partial charge in [0, 0.05) is 59.4 Å². The number of H-pyrrole nitrogens is 1. The Balaban J connectivity index is 1.41. The average molecular weight is 515 g/mol. The van der Waals surface area contributed by atoms with Gasteiger partial charge in [-0.3, -0.25) is 14.2 Å². The lowest BCUT2D eigenvalue weighted by Crippen LogP contribution is -2.09. The number of pyridine rings is 3. The first-order valence-corrected chi connectivity index (χ1v) is 13.6. The number of hydrogen-bond donors (Lipinski definition) is 2. The summed E-state index contributed by atoms with van der Waals surface area (Å²) < 4.78 is 26.0. The van der Waals surface area contributed by atoms with Gasteiger partial charge in [-0.2, -0.15) is 0 Å². The van der Waals surface area contributed by atoms with Crippen LogP contribution >= 0.6 is 11.3 Å². The fourth-order valence-corrected chi connectivity index (χ4v) is 5.24. The number of nitrogens with one attached hydrogen (secondary N) is 2. The van der Waals surface area contributed by atoms with Crippen LogP contribution in [0.1, 0.15) is 0 Å². The maximum Gasteiger partial charge on any atom is 0.259 e. The van der Waals surface area contributed by atoms with Gasteiger partial charge < -0.3 is 10.3 Å². The van der Waals surface area contributed by atoms with E-state index >= 15 is 0 Å². The van der Waals surface area contributed by atoms with Crippen LogP contribution in [0.3, 0.4) is 0 Å². The zero-order valence-electron chi connectivity index (χ0n) is 18.8. The molecular weight excluding hydrogens is 496 g/mol. The van der Waals surface area contributed by atoms with Crippen molar-refractivity contribution >= 4 is 48.4 Å². The van der Waals surface area contributed by atoms with Gasteiger partial charge in [0.25, 0.3) is 5.56 Å². The van der Waals surface area contributed by atoms with E-state index in [1.54, 1.807) is 35.9 Å². The highest BCUT2D eigenvalue weighted by Gasteiger charge is 2.14. The van der Waals surface area contributed by atoms with Gasteiger partial charge in [0.15, 0.2) is 14.8 Å². The van der Waals surface area contributed by atoms with E-state index in [0.29, 0.717) is 27.8 Å². The van der Waals surface area contributed by atoms with E-state index in [1.807, 2.05) is 46.4 Å². The zero-order valence-corrected chi connectivity index (χ0v) is 20.5. The van der Waals surface area contributed by atoms with Gasteiger partial charge in [-0.1, -0.05) is 12.1 Å². The van der Waals surface area contributed by atoms with Gasteiger partial charge in [0.05, 0.1) is 21.7 Å². The summed E-state index contributed by atoms with van der Waals surface area (Å²) in [6.07, 6.45) is 9.48. The Morgan fingerprint density at radius 2 is 1.83 bits per heavy atom. The van der Waals surface area contributed by atoms with Crippen molar-refractivity contribution < 1.29 is 8.42 Å². The standard InChI is InChI=1S/C25H18N6O3S2/c1-36(33,34)19-10-17(12-26-13-19)20-11-16-6-7-27-24(32)22(16)23(29-20)28-18-4-2-15(3-5-18)21-14-31-8-9-35-25(31)30-21/h2-14H,1H3,(H,27,32)(H,28,29). The molecule has 0 atom stereocenters. The van der Waals surface area contributed by atoms with Crippen molar-refractivity contribution in [1.82, 2.24) is 24.3 Å². The van der Waals surface area contributed by atoms with Crippen molar-refractivity contribution in [2.24, 2.45) is 0 Å². The number of nitrogens with zero attached hydrogens (tertiary/aromatic N) is 4. The first kappa shape index (κ1) is 22.1. The lowest BCUT2D eigenvalue weighted by Gasteiger charge is -2.12. The molecule has 5 heterocycles. The molecule has 0 aliphatic carbocycles. The number of aromatic nitrogens is 5. The third-order valence-electron chi connectivity index (χ3n) is 5.73. The molecule has 5 aromatic heterocycles. The molecule has 0 unspecified atom stereocenters. The Labute approximate surface area is 209 Å². The first-order valence-electron chi connectivity index (χ1n) is 10.8. The predicted molar refractivity (Wildman–Crippen MR) is 140 cm³/mol. The summed E-state index contributed by atoms with van der Waals surface area (Å²) in [5.41, 5.74) is 3.29. The SMILES string of the molecule is CS(=O)(=O)c1cncc(-c2cc3cc[nH]c(=O)c3c(Nc3ccc(-c4cn5ccsc5n4)cc3)n2)c1. The summed E-state index contributed by atoms with van der Waals surface area (Å²) in [7, 11) is -3.44. The molecule has 0 aliphatic rings. The molecule has 0 bridgehead atoms. The first-order chi connectivity index (χ1) is 17.3. The minimum atomic E-state index is -3.44. The Hall–Kier alpha value is -4.35. The summed E-state index contributed by atoms with van der Waals surface area (Å²) >= 11 is 1.57. The highest BCUT2D eigenvalue weighted by atomic mass is 32.2. The van der Waals surface area contributed by atoms with Gasteiger partial charge >= 0.3 is 0 Å². The van der Waals surface area contributed by atoms with Crippen LogP contribution in [0.5, 0.6) is 0 Å². The predicted octanol–water partition coefficient (Wildman–Crippen LogP) is 4.51. The zero-order chi connectivity index (χ0) is 24.9. The second-order valence-electron chi connectivity index (χ2n) is 8.23. The highest BCUT2D eigenvalue weighted by Crippen LogP contribution is 2.29. The number of imidazole rings is 1. The fraction of sp³-hybridized carbons (Fsp3) is 0.0400. The molecule has 178 valence electrons. The second kappa shape index (κ2) is 8.40. The molecule has 0 spiro atoms. The van der Waals surface area contributed by atoms with E-state index in [4.69, 9.17) is 0 Å². The molecule has 1 aromatic carbocycles. The van der Waals surface area contributed by atoms with Crippen LogP contribution < -0.4 is 10.9 Å². The largest absolute Gasteiger partial charge is 0.340 e. The minimum Gasteiger partial charge on any atom is -0.340 e. The number of fused-ring (bicyclic) bond motifs is 2. The van der Waals surface area contributed by atoms with Crippen LogP contribution in [0.15, 0.2) is 88.5 Å². The Bertz CT molecular complexity index is 1890. The van der Waals surface area contributed by atoms with Crippen LogP contribution in [-0.4, -0.2) is 39.0 Å². The molecule has 6 rings (SSSR count). The van der Waals surface area contributed by atoms with Crippen molar-refractivity contribution in [3.8, 4) is 22.5 Å². The van der Waals surface area contributed by atoms with Crippen molar-refractivity contribution in [2.45, 2.75) is 4.90 Å². The van der Waals surface area contributed by atoms with Crippen molar-refractivity contribution in [3.63, 3.8) is 0 Å². The average Bonchev–Trinajstić information content (AvgIpc) is 3.47. The normalized spacial score (nSPS) is 11.8. The number of aromatic amines is 1. The van der Waals surface area contributed by atoms with Crippen LogP contribution in [0, 0.1) is 0 Å². The summed E-state index contributed by atoms with van der Waals surface area (Å²) in [4.78, 5) is 29.8. The molecule has 2 N–H and O–H groups in total. The van der Waals surface area contributed by atoms with Gasteiger partial charge in [-0.05, 0) is 35.7 Å². The topological polar surface area (TPSA) is 122 Å². The molecule has 0 radical (unpaired) electrons. The molecular formula is C25H18N6O3S2. The third-order valence-corrected chi connectivity index (χ3v) is 7.58. The summed E-state index contributed by atoms with van der Waals surface area (Å²) in [5.74, 6) is 0.351. The van der Waals surface area contributed by atoms with Crippen LogP contribution in [-0.2, 0) is 9.84 Å². The summed E-state index contributed by atoms with van der Waals surface area (Å²) in [6, 6.07) is 12.7. The molecule has 36 heavy (non-hydrogen) atoms. The van der Waals surface area contributed by atoms with Crippen molar-refractivity contribution in [1.29, 1.82) is 0 Å². The van der Waals surface area contributed by atoms with Crippen LogP contribution in [0.25, 0.3) is 38.2 Å². The number of sulfone groups is 1. The smallest absolute Gasteiger partial charge is 0.259 e. The maximum absolute atomic E-state index is 12.7. The fourth-order valence-electron chi connectivity index (χ4n) is 3.94. The number of rotatable bonds is 5. The van der Waals surface area contributed by atoms with Crippen molar-refractivity contribution in [2.75, 3.05) is 11.6 Å². The number of benzene rings is 1. The second-order valence-corrected chi connectivity index (χ2v) is 11.1. The van der Waals surface area contributed by atoms with E-state index in [0.717, 1.165) is 28.2 Å². The monoisotopic (exact) mass is 514 g/mol. The number of anilines is 2. The van der Waals surface area contributed by atoms with Gasteiger partial charge in [0.2, 0.25) is 0 Å². The molecule has 6 aromatic rings. The van der Waals surface area contributed by atoms with Crippen LogP contribution in [0.2, 0.25) is 0 Å².